The van der Waals surface area contributed by atoms with Crippen molar-refractivity contribution >= 4 is 34.2 Å². The first-order valence-electron chi connectivity index (χ1n) is 8.44. The van der Waals surface area contributed by atoms with E-state index in [0.717, 1.165) is 0 Å². The summed E-state index contributed by atoms with van der Waals surface area (Å²) in [5, 5.41) is 15.0. The number of imidazole rings is 1. The molecular formula is C20H13ClFN5O2. The van der Waals surface area contributed by atoms with E-state index in [1.165, 1.54) is 18.2 Å². The first kappa shape index (κ1) is 18.7. The number of aromatic carboxylic acids is 1. The second-order valence-electron chi connectivity index (χ2n) is 6.40. The molecule has 0 aliphatic rings. The highest BCUT2D eigenvalue weighted by Gasteiger charge is 2.22. The van der Waals surface area contributed by atoms with Crippen LogP contribution in [0.3, 0.4) is 0 Å². The van der Waals surface area contributed by atoms with Crippen LogP contribution in [0.1, 0.15) is 16.2 Å². The number of fused-ring (bicyclic) bond motifs is 1. The minimum atomic E-state index is -1.19. The molecule has 0 unspecified atom stereocenters. The minimum Gasteiger partial charge on any atom is -0.476 e. The molecule has 2 aromatic heterocycles. The molecule has 7 nitrogen and oxygen atoms in total. The molecule has 144 valence electrons. The number of nitrogens with zero attached hydrogens (tertiary/aromatic N) is 5. The normalized spacial score (nSPS) is 11.0. The number of halogens is 2. The Bertz CT molecular complexity index is 1350. The molecule has 4 aromatic rings. The number of benzene rings is 2. The molecule has 9 heteroatoms. The molecule has 0 fully saturated rings. The Morgan fingerprint density at radius 3 is 2.69 bits per heavy atom. The summed E-state index contributed by atoms with van der Waals surface area (Å²) in [6.45, 7) is 8.62. The molecule has 0 amide bonds. The third-order valence-electron chi connectivity index (χ3n) is 4.64. The molecule has 2 aromatic carbocycles. The lowest BCUT2D eigenvalue weighted by Gasteiger charge is -2.11. The Balaban J connectivity index is 2.00. The summed E-state index contributed by atoms with van der Waals surface area (Å²) in [4.78, 5) is 19.0. The number of carbonyl (C=O) groups is 1. The third-order valence-corrected chi connectivity index (χ3v) is 5.09. The van der Waals surface area contributed by atoms with Gasteiger partial charge in [0.15, 0.2) is 5.69 Å². The molecule has 0 atom stereocenters. The van der Waals surface area contributed by atoms with Gasteiger partial charge in [-0.1, -0.05) is 23.7 Å². The van der Waals surface area contributed by atoms with Crippen LogP contribution in [0.25, 0.3) is 32.8 Å². The van der Waals surface area contributed by atoms with Gasteiger partial charge in [0.2, 0.25) is 5.69 Å². The van der Waals surface area contributed by atoms with E-state index in [4.69, 9.17) is 18.2 Å². The van der Waals surface area contributed by atoms with Crippen LogP contribution in [0.4, 0.5) is 10.1 Å². The molecule has 2 heterocycles. The third kappa shape index (κ3) is 2.92. The first-order valence-corrected chi connectivity index (χ1v) is 8.82. The molecule has 0 saturated heterocycles. The van der Waals surface area contributed by atoms with Crippen molar-refractivity contribution < 1.29 is 14.3 Å². The number of aryl methyl sites for hydroxylation is 1. The predicted molar refractivity (Wildman–Crippen MR) is 106 cm³/mol. The van der Waals surface area contributed by atoms with Gasteiger partial charge in [0.1, 0.15) is 16.8 Å². The van der Waals surface area contributed by atoms with Gasteiger partial charge in [-0.15, -0.1) is 0 Å². The number of carboxylic acids is 1. The highest BCUT2D eigenvalue weighted by Crippen LogP contribution is 2.32. The van der Waals surface area contributed by atoms with Crippen LogP contribution in [0.5, 0.6) is 0 Å². The minimum absolute atomic E-state index is 0.120. The molecule has 0 spiro atoms. The van der Waals surface area contributed by atoms with E-state index in [-0.39, 0.29) is 17.2 Å². The number of rotatable bonds is 3. The lowest BCUT2D eigenvalue weighted by atomic mass is 10.1. The lowest BCUT2D eigenvalue weighted by Crippen LogP contribution is -2.02. The summed E-state index contributed by atoms with van der Waals surface area (Å²) in [6.07, 6.45) is 0. The Morgan fingerprint density at radius 1 is 1.28 bits per heavy atom. The van der Waals surface area contributed by atoms with E-state index < -0.39 is 11.8 Å². The Labute approximate surface area is 169 Å². The molecule has 0 bridgehead atoms. The molecule has 0 saturated carbocycles. The van der Waals surface area contributed by atoms with Crippen LogP contribution >= 0.6 is 11.6 Å². The van der Waals surface area contributed by atoms with Gasteiger partial charge in [-0.2, -0.15) is 5.10 Å². The topological polar surface area (TPSA) is 77.3 Å². The fourth-order valence-corrected chi connectivity index (χ4v) is 3.43. The molecule has 4 rings (SSSR count). The van der Waals surface area contributed by atoms with E-state index in [1.807, 2.05) is 0 Å². The molecule has 0 aliphatic carbocycles. The van der Waals surface area contributed by atoms with Gasteiger partial charge < -0.3 is 5.11 Å². The second kappa shape index (κ2) is 6.72. The van der Waals surface area contributed by atoms with Gasteiger partial charge >= 0.3 is 5.97 Å². The monoisotopic (exact) mass is 409 g/mol. The Kier molecular flexibility index (Phi) is 4.32. The summed E-state index contributed by atoms with van der Waals surface area (Å²) in [5.41, 5.74) is 1.75. The zero-order valence-corrected chi connectivity index (χ0v) is 16.1. The quantitative estimate of drug-likeness (QED) is 0.494. The van der Waals surface area contributed by atoms with Crippen LogP contribution in [-0.2, 0) is 7.05 Å². The molecular weight excluding hydrogens is 397 g/mol. The summed E-state index contributed by atoms with van der Waals surface area (Å²) in [5.74, 6) is -1.65. The van der Waals surface area contributed by atoms with E-state index in [1.54, 1.807) is 41.4 Å². The summed E-state index contributed by atoms with van der Waals surface area (Å²) in [6, 6.07) is 9.36. The fourth-order valence-electron chi connectivity index (χ4n) is 3.25. The van der Waals surface area contributed by atoms with Crippen molar-refractivity contribution in [2.75, 3.05) is 0 Å². The van der Waals surface area contributed by atoms with Crippen molar-refractivity contribution in [3.63, 3.8) is 0 Å². The summed E-state index contributed by atoms with van der Waals surface area (Å²) in [7, 11) is 1.72. The van der Waals surface area contributed by atoms with Crippen LogP contribution < -0.4 is 0 Å². The average Bonchev–Trinajstić information content (AvgIpc) is 3.18. The number of aromatic nitrogens is 4. The number of carboxylic acid groups (broad SMARTS) is 1. The van der Waals surface area contributed by atoms with E-state index in [0.29, 0.717) is 33.0 Å². The van der Waals surface area contributed by atoms with Gasteiger partial charge in [-0.05, 0) is 31.2 Å². The smallest absolute Gasteiger partial charge is 0.356 e. The van der Waals surface area contributed by atoms with Gasteiger partial charge in [0.05, 0.1) is 17.8 Å². The maximum atomic E-state index is 14.2. The zero-order valence-electron chi connectivity index (χ0n) is 15.3. The maximum Gasteiger partial charge on any atom is 0.356 e. The van der Waals surface area contributed by atoms with Crippen molar-refractivity contribution in [2.24, 2.45) is 7.05 Å². The van der Waals surface area contributed by atoms with Crippen molar-refractivity contribution in [3.8, 4) is 17.1 Å². The lowest BCUT2D eigenvalue weighted by molar-refractivity contribution is 0.0690. The van der Waals surface area contributed by atoms with Crippen LogP contribution in [0.15, 0.2) is 36.4 Å². The van der Waals surface area contributed by atoms with Crippen LogP contribution in [0, 0.1) is 19.3 Å². The summed E-state index contributed by atoms with van der Waals surface area (Å²) >= 11 is 6.31. The van der Waals surface area contributed by atoms with Gasteiger partial charge in [0, 0.05) is 23.7 Å². The highest BCUT2D eigenvalue weighted by atomic mass is 35.5. The molecule has 0 aliphatic heterocycles. The average molecular weight is 410 g/mol. The van der Waals surface area contributed by atoms with Crippen molar-refractivity contribution in [1.29, 1.82) is 0 Å². The summed E-state index contributed by atoms with van der Waals surface area (Å²) < 4.78 is 17.4. The molecule has 1 N–H and O–H groups in total. The van der Waals surface area contributed by atoms with E-state index in [9.17, 15) is 14.3 Å². The highest BCUT2D eigenvalue weighted by molar-refractivity contribution is 6.34. The fraction of sp³-hybridized carbons (Fsp3) is 0.100. The SMILES string of the molecule is [C-]#[N+]c1ccc(-c2nc(C(=O)O)c(C)n2-c2ccc3nn(C)c(Cl)c3c2)cc1F. The standard InChI is InChI=1S/C20H13ClFN5O2/c1-10-17(20(28)29)24-19(11-4-6-16(23-2)14(22)8-11)27(10)12-5-7-15-13(9-12)18(21)26(3)25-15/h4-9H,1,3H3,(H,28,29). The van der Waals surface area contributed by atoms with E-state index in [2.05, 4.69) is 14.9 Å². The van der Waals surface area contributed by atoms with Gasteiger partial charge in [0.25, 0.3) is 0 Å². The van der Waals surface area contributed by atoms with Crippen LogP contribution in [-0.4, -0.2) is 30.4 Å². The van der Waals surface area contributed by atoms with Crippen molar-refractivity contribution in [1.82, 2.24) is 19.3 Å². The first-order chi connectivity index (χ1) is 13.8. The van der Waals surface area contributed by atoms with Gasteiger partial charge in [-0.3, -0.25) is 9.25 Å². The largest absolute Gasteiger partial charge is 0.476 e. The Morgan fingerprint density at radius 2 is 2.03 bits per heavy atom. The number of hydrogen-bond acceptors (Lipinski definition) is 3. The molecule has 0 radical (unpaired) electrons. The zero-order chi connectivity index (χ0) is 20.9. The Hall–Kier alpha value is -3.70. The van der Waals surface area contributed by atoms with Crippen LogP contribution in [0.2, 0.25) is 5.15 Å². The maximum absolute atomic E-state index is 14.2. The number of hydrogen-bond donors (Lipinski definition) is 1. The second-order valence-corrected chi connectivity index (χ2v) is 6.76. The molecule has 29 heavy (non-hydrogen) atoms. The van der Waals surface area contributed by atoms with Crippen molar-refractivity contribution in [3.05, 3.63) is 70.2 Å². The predicted octanol–water partition coefficient (Wildman–Crippen LogP) is 4.78. The van der Waals surface area contributed by atoms with Gasteiger partial charge in [-0.25, -0.2) is 19.0 Å². The van der Waals surface area contributed by atoms with Crippen molar-refractivity contribution in [2.45, 2.75) is 6.92 Å². The van der Waals surface area contributed by atoms with E-state index >= 15 is 0 Å².